The third-order valence-electron chi connectivity index (χ3n) is 4.94. The number of amidine groups is 1. The van der Waals surface area contributed by atoms with Crippen molar-refractivity contribution in [3.05, 3.63) is 29.3 Å². The lowest BCUT2D eigenvalue weighted by atomic mass is 10.0. The van der Waals surface area contributed by atoms with Crippen molar-refractivity contribution in [3.8, 4) is 0 Å². The molecule has 3 rings (SSSR count). The maximum atomic E-state index is 12.2. The first-order valence-electron chi connectivity index (χ1n) is 9.43. The summed E-state index contributed by atoms with van der Waals surface area (Å²) in [7, 11) is -3.15. The summed E-state index contributed by atoms with van der Waals surface area (Å²) >= 11 is 1.30. The minimum atomic E-state index is -3.15. The van der Waals surface area contributed by atoms with Crippen molar-refractivity contribution in [2.75, 3.05) is 29.6 Å². The third kappa shape index (κ3) is 4.81. The number of carboxylic acid groups (broad SMARTS) is 1. The Kier molecular flexibility index (Phi) is 6.65. The van der Waals surface area contributed by atoms with Crippen LogP contribution in [-0.4, -0.2) is 66.6 Å². The van der Waals surface area contributed by atoms with Crippen LogP contribution in [0.1, 0.15) is 25.0 Å². The summed E-state index contributed by atoms with van der Waals surface area (Å²) in [5.41, 5.74) is 3.06. The van der Waals surface area contributed by atoms with E-state index in [0.29, 0.717) is 5.17 Å². The van der Waals surface area contributed by atoms with Crippen LogP contribution in [0.3, 0.4) is 0 Å². The molecule has 158 valence electrons. The van der Waals surface area contributed by atoms with Gasteiger partial charge < -0.3 is 14.7 Å². The summed E-state index contributed by atoms with van der Waals surface area (Å²) in [6.07, 6.45) is 1.52. The molecule has 1 N–H and O–H groups in total. The van der Waals surface area contributed by atoms with Gasteiger partial charge in [0.25, 0.3) is 5.91 Å². The van der Waals surface area contributed by atoms with Crippen LogP contribution < -0.4 is 4.90 Å². The van der Waals surface area contributed by atoms with Crippen molar-refractivity contribution in [2.45, 2.75) is 38.0 Å². The molecule has 0 aromatic heterocycles. The molecule has 2 aliphatic heterocycles. The van der Waals surface area contributed by atoms with Crippen LogP contribution in [0, 0.1) is 0 Å². The third-order valence-corrected chi connectivity index (χ3v) is 8.15. The van der Waals surface area contributed by atoms with Crippen LogP contribution in [-0.2, 0) is 37.0 Å². The number of amides is 1. The number of carbonyl (C=O) groups excluding carboxylic acids is 1. The lowest BCUT2D eigenvalue weighted by Crippen LogP contribution is -2.39. The quantitative estimate of drug-likeness (QED) is 0.679. The molecule has 0 aliphatic carbocycles. The van der Waals surface area contributed by atoms with E-state index in [1.165, 1.54) is 11.8 Å². The van der Waals surface area contributed by atoms with Gasteiger partial charge in [0, 0.05) is 10.9 Å². The number of carbonyl (C=O) groups is 2. The zero-order chi connectivity index (χ0) is 21.2. The van der Waals surface area contributed by atoms with Gasteiger partial charge in [-0.2, -0.15) is 4.99 Å². The molecule has 0 bridgehead atoms. The van der Waals surface area contributed by atoms with E-state index >= 15 is 0 Å². The van der Waals surface area contributed by atoms with Gasteiger partial charge in [0.2, 0.25) is 0 Å². The fourth-order valence-corrected chi connectivity index (χ4v) is 7.63. The van der Waals surface area contributed by atoms with Gasteiger partial charge in [-0.15, -0.1) is 0 Å². The van der Waals surface area contributed by atoms with E-state index in [9.17, 15) is 18.0 Å². The van der Waals surface area contributed by atoms with E-state index in [4.69, 9.17) is 9.84 Å². The minimum Gasteiger partial charge on any atom is -0.480 e. The van der Waals surface area contributed by atoms with Gasteiger partial charge in [-0.25, -0.2) is 13.2 Å². The van der Waals surface area contributed by atoms with Crippen molar-refractivity contribution in [1.82, 2.24) is 0 Å². The fraction of sp³-hybridized carbons (Fsp3) is 0.526. The van der Waals surface area contributed by atoms with Crippen molar-refractivity contribution in [3.63, 3.8) is 0 Å². The summed E-state index contributed by atoms with van der Waals surface area (Å²) in [6.45, 7) is 3.06. The number of anilines is 1. The number of aryl methyl sites for hydroxylation is 2. The van der Waals surface area contributed by atoms with E-state index in [1.54, 1.807) is 0 Å². The Balaban J connectivity index is 1.98. The number of fused-ring (bicyclic) bond motifs is 1. The molecule has 2 aliphatic rings. The number of carboxylic acids is 1. The van der Waals surface area contributed by atoms with Gasteiger partial charge >= 0.3 is 5.97 Å². The van der Waals surface area contributed by atoms with Crippen molar-refractivity contribution in [1.29, 1.82) is 0 Å². The van der Waals surface area contributed by atoms with E-state index in [2.05, 4.69) is 4.99 Å². The number of nitrogens with zero attached hydrogens (tertiary/aromatic N) is 2. The number of para-hydroxylation sites is 1. The first-order valence-corrected chi connectivity index (χ1v) is 12.1. The van der Waals surface area contributed by atoms with Crippen LogP contribution >= 0.6 is 11.8 Å². The molecule has 10 heteroatoms. The maximum Gasteiger partial charge on any atom is 0.329 e. The average molecular weight is 441 g/mol. The number of ether oxygens (including phenoxy) is 1. The van der Waals surface area contributed by atoms with Gasteiger partial charge in [0.1, 0.15) is 13.2 Å². The standard InChI is InChI=1S/C19H24N2O6S2/c1-3-12-6-5-7-13(4-2)18(12)21-14-10-29(25,26)11-15(14)28-19(21)20-16(22)8-27-9-17(23)24/h5-7,14-15H,3-4,8-11H2,1-2H3,(H,23,24)/t14-,15+/m0/s1. The molecular formula is C19H24N2O6S2. The second-order valence-corrected chi connectivity index (χ2v) is 10.3. The number of rotatable bonds is 7. The number of sulfone groups is 1. The van der Waals surface area contributed by atoms with Crippen LogP contribution in [0.15, 0.2) is 23.2 Å². The molecule has 2 heterocycles. The lowest BCUT2D eigenvalue weighted by Gasteiger charge is -2.29. The highest BCUT2D eigenvalue weighted by Gasteiger charge is 2.50. The van der Waals surface area contributed by atoms with Gasteiger partial charge in [-0.05, 0) is 24.0 Å². The molecule has 8 nitrogen and oxygen atoms in total. The second kappa shape index (κ2) is 8.85. The summed E-state index contributed by atoms with van der Waals surface area (Å²) < 4.78 is 29.3. The molecule has 0 spiro atoms. The molecule has 2 atom stereocenters. The molecule has 0 radical (unpaired) electrons. The Hall–Kier alpha value is -1.91. The zero-order valence-corrected chi connectivity index (χ0v) is 18.0. The summed E-state index contributed by atoms with van der Waals surface area (Å²) in [4.78, 5) is 28.9. The van der Waals surface area contributed by atoms with Crippen molar-refractivity contribution < 1.29 is 27.9 Å². The van der Waals surface area contributed by atoms with E-state index in [0.717, 1.165) is 29.7 Å². The lowest BCUT2D eigenvalue weighted by molar-refractivity contribution is -0.143. The van der Waals surface area contributed by atoms with E-state index < -0.39 is 34.9 Å². The van der Waals surface area contributed by atoms with Crippen LogP contribution in [0.2, 0.25) is 0 Å². The van der Waals surface area contributed by atoms with Crippen LogP contribution in [0.4, 0.5) is 5.69 Å². The molecule has 1 amide bonds. The topological polar surface area (TPSA) is 113 Å². The monoisotopic (exact) mass is 440 g/mol. The maximum absolute atomic E-state index is 12.2. The molecule has 1 aromatic carbocycles. The zero-order valence-electron chi connectivity index (χ0n) is 16.3. The highest BCUT2D eigenvalue weighted by Crippen LogP contribution is 2.43. The number of aliphatic imine (C=N–C) groups is 1. The minimum absolute atomic E-state index is 0.0224. The Morgan fingerprint density at radius 2 is 1.86 bits per heavy atom. The molecule has 1 aromatic rings. The summed E-state index contributed by atoms with van der Waals surface area (Å²) in [6, 6.07) is 5.71. The highest BCUT2D eigenvalue weighted by molar-refractivity contribution is 8.16. The normalized spacial score (nSPS) is 24.1. The summed E-state index contributed by atoms with van der Waals surface area (Å²) in [5, 5.41) is 8.89. The number of aliphatic carboxylic acids is 1. The van der Waals surface area contributed by atoms with Crippen LogP contribution in [0.5, 0.6) is 0 Å². The van der Waals surface area contributed by atoms with Gasteiger partial charge in [-0.1, -0.05) is 43.8 Å². The van der Waals surface area contributed by atoms with Gasteiger partial charge in [-0.3, -0.25) is 4.79 Å². The molecular weight excluding hydrogens is 416 g/mol. The molecule has 2 fully saturated rings. The molecule has 0 saturated carbocycles. The number of hydrogen-bond acceptors (Lipinski definition) is 6. The Bertz CT molecular complexity index is 922. The molecule has 0 unspecified atom stereocenters. The Labute approximate surface area is 174 Å². The predicted octanol–water partition coefficient (Wildman–Crippen LogP) is 1.51. The van der Waals surface area contributed by atoms with Crippen molar-refractivity contribution >= 4 is 44.3 Å². The van der Waals surface area contributed by atoms with E-state index in [-0.39, 0.29) is 22.8 Å². The number of benzene rings is 1. The fourth-order valence-electron chi connectivity index (χ4n) is 3.72. The SMILES string of the molecule is CCc1cccc(CC)c1N1C(=NC(=O)COCC(=O)O)S[C@@H]2CS(=O)(=O)C[C@@H]21. The number of thioether (sulfide) groups is 1. The van der Waals surface area contributed by atoms with Crippen molar-refractivity contribution in [2.24, 2.45) is 4.99 Å². The predicted molar refractivity (Wildman–Crippen MR) is 112 cm³/mol. The highest BCUT2D eigenvalue weighted by atomic mass is 32.2. The Morgan fingerprint density at radius 1 is 1.21 bits per heavy atom. The summed E-state index contributed by atoms with van der Waals surface area (Å²) in [5.74, 6) is -1.67. The van der Waals surface area contributed by atoms with Crippen LogP contribution in [0.25, 0.3) is 0 Å². The first-order chi connectivity index (χ1) is 13.8. The van der Waals surface area contributed by atoms with Gasteiger partial charge in [0.15, 0.2) is 15.0 Å². The first kappa shape index (κ1) is 21.8. The number of hydrogen-bond donors (Lipinski definition) is 1. The molecule has 29 heavy (non-hydrogen) atoms. The second-order valence-electron chi connectivity index (χ2n) is 6.98. The van der Waals surface area contributed by atoms with E-state index in [1.807, 2.05) is 36.9 Å². The Morgan fingerprint density at radius 3 is 2.45 bits per heavy atom. The molecule has 2 saturated heterocycles. The largest absolute Gasteiger partial charge is 0.480 e. The van der Waals surface area contributed by atoms with Gasteiger partial charge in [0.05, 0.1) is 17.5 Å². The smallest absolute Gasteiger partial charge is 0.329 e. The average Bonchev–Trinajstić information content (AvgIpc) is 3.11.